The predicted molar refractivity (Wildman–Crippen MR) is 52.0 cm³/mol. The lowest BCUT2D eigenvalue weighted by Gasteiger charge is -2.27. The van der Waals surface area contributed by atoms with Crippen LogP contribution >= 0.6 is 0 Å². The van der Waals surface area contributed by atoms with Crippen molar-refractivity contribution in [3.63, 3.8) is 0 Å². The number of allylic oxidation sites excluding steroid dienone is 2. The standard InChI is InChI=1S/C10H19NO/c1-6-11(8(2)3)9(4)7-10(5)12/h7-8H,6H2,1-5H3/b9-7+. The summed E-state index contributed by atoms with van der Waals surface area (Å²) in [4.78, 5) is 13.0. The van der Waals surface area contributed by atoms with Crippen molar-refractivity contribution >= 4 is 5.78 Å². The van der Waals surface area contributed by atoms with E-state index in [0.717, 1.165) is 12.2 Å². The Kier molecular flexibility index (Phi) is 4.64. The molecule has 0 radical (unpaired) electrons. The fourth-order valence-corrected chi connectivity index (χ4v) is 1.40. The second kappa shape index (κ2) is 4.96. The molecule has 70 valence electrons. The quantitative estimate of drug-likeness (QED) is 0.601. The van der Waals surface area contributed by atoms with E-state index < -0.39 is 0 Å². The summed E-state index contributed by atoms with van der Waals surface area (Å²) in [5.41, 5.74) is 1.06. The van der Waals surface area contributed by atoms with Crippen molar-refractivity contribution in [3.05, 3.63) is 11.8 Å². The Morgan fingerprint density at radius 1 is 1.42 bits per heavy atom. The molecule has 0 fully saturated rings. The van der Waals surface area contributed by atoms with Gasteiger partial charge in [-0.3, -0.25) is 4.79 Å². The lowest BCUT2D eigenvalue weighted by molar-refractivity contribution is -0.112. The molecule has 0 spiro atoms. The number of hydrogen-bond acceptors (Lipinski definition) is 2. The molecule has 0 N–H and O–H groups in total. The smallest absolute Gasteiger partial charge is 0.154 e. The van der Waals surface area contributed by atoms with Gasteiger partial charge in [0.2, 0.25) is 0 Å². The number of rotatable bonds is 4. The third-order valence-corrected chi connectivity index (χ3v) is 1.83. The summed E-state index contributed by atoms with van der Waals surface area (Å²) in [5, 5.41) is 0. The van der Waals surface area contributed by atoms with Gasteiger partial charge in [0.05, 0.1) is 0 Å². The molecule has 2 nitrogen and oxygen atoms in total. The molecule has 0 aromatic heterocycles. The highest BCUT2D eigenvalue weighted by atomic mass is 16.1. The summed E-state index contributed by atoms with van der Waals surface area (Å²) in [6.45, 7) is 10.9. The Balaban J connectivity index is 4.40. The van der Waals surface area contributed by atoms with Gasteiger partial charge in [0.15, 0.2) is 5.78 Å². The maximum absolute atomic E-state index is 10.8. The lowest BCUT2D eigenvalue weighted by atomic mass is 10.2. The molecule has 0 aliphatic rings. The number of nitrogens with zero attached hydrogens (tertiary/aromatic N) is 1. The molecule has 0 rings (SSSR count). The van der Waals surface area contributed by atoms with Crippen molar-refractivity contribution in [3.8, 4) is 0 Å². The van der Waals surface area contributed by atoms with E-state index in [9.17, 15) is 4.79 Å². The molecule has 0 atom stereocenters. The largest absolute Gasteiger partial charge is 0.373 e. The SMILES string of the molecule is CCN(/C(C)=C/C(C)=O)C(C)C. The monoisotopic (exact) mass is 169 g/mol. The van der Waals surface area contributed by atoms with Crippen LogP contribution in [-0.2, 0) is 4.79 Å². The molecule has 0 saturated heterocycles. The minimum Gasteiger partial charge on any atom is -0.373 e. The number of carbonyl (C=O) groups is 1. The van der Waals surface area contributed by atoms with Crippen LogP contribution in [0.25, 0.3) is 0 Å². The molecule has 0 amide bonds. The van der Waals surface area contributed by atoms with Crippen LogP contribution in [0.15, 0.2) is 11.8 Å². The van der Waals surface area contributed by atoms with E-state index in [2.05, 4.69) is 25.7 Å². The van der Waals surface area contributed by atoms with E-state index in [1.807, 2.05) is 6.92 Å². The zero-order valence-corrected chi connectivity index (χ0v) is 8.72. The van der Waals surface area contributed by atoms with Crippen LogP contribution in [-0.4, -0.2) is 23.3 Å². The van der Waals surface area contributed by atoms with Crippen LogP contribution in [0.3, 0.4) is 0 Å². The summed E-state index contributed by atoms with van der Waals surface area (Å²) < 4.78 is 0. The van der Waals surface area contributed by atoms with Crippen molar-refractivity contribution in [1.82, 2.24) is 4.90 Å². The van der Waals surface area contributed by atoms with Gasteiger partial charge in [0, 0.05) is 18.3 Å². The highest BCUT2D eigenvalue weighted by Gasteiger charge is 2.06. The summed E-state index contributed by atoms with van der Waals surface area (Å²) in [5.74, 6) is 0.117. The third kappa shape index (κ3) is 3.56. The topological polar surface area (TPSA) is 20.3 Å². The first-order chi connectivity index (χ1) is 5.49. The van der Waals surface area contributed by atoms with Crippen molar-refractivity contribution in [1.29, 1.82) is 0 Å². The van der Waals surface area contributed by atoms with Crippen LogP contribution in [0, 0.1) is 0 Å². The Morgan fingerprint density at radius 2 is 1.92 bits per heavy atom. The molecule has 0 aliphatic heterocycles. The van der Waals surface area contributed by atoms with Gasteiger partial charge in [0.1, 0.15) is 0 Å². The second-order valence-corrected chi connectivity index (χ2v) is 3.28. The van der Waals surface area contributed by atoms with Gasteiger partial charge in [-0.15, -0.1) is 0 Å². The number of ketones is 1. The Bertz CT molecular complexity index is 182. The van der Waals surface area contributed by atoms with Gasteiger partial charge in [-0.05, 0) is 40.7 Å². The predicted octanol–water partition coefficient (Wildman–Crippen LogP) is 2.21. The maximum Gasteiger partial charge on any atom is 0.154 e. The molecule has 2 heteroatoms. The van der Waals surface area contributed by atoms with E-state index in [1.54, 1.807) is 13.0 Å². The molecular formula is C10H19NO. The van der Waals surface area contributed by atoms with E-state index in [1.165, 1.54) is 0 Å². The fraction of sp³-hybridized carbons (Fsp3) is 0.700. The Labute approximate surface area is 75.3 Å². The highest BCUT2D eigenvalue weighted by molar-refractivity contribution is 5.87. The Hall–Kier alpha value is -0.790. The van der Waals surface area contributed by atoms with Gasteiger partial charge in [-0.25, -0.2) is 0 Å². The zero-order chi connectivity index (χ0) is 9.72. The average molecular weight is 169 g/mol. The van der Waals surface area contributed by atoms with Crippen LogP contribution in [0.5, 0.6) is 0 Å². The van der Waals surface area contributed by atoms with Gasteiger partial charge in [-0.1, -0.05) is 0 Å². The molecular weight excluding hydrogens is 150 g/mol. The molecule has 0 aromatic carbocycles. The van der Waals surface area contributed by atoms with Crippen LogP contribution < -0.4 is 0 Å². The molecule has 0 unspecified atom stereocenters. The second-order valence-electron chi connectivity index (χ2n) is 3.28. The highest BCUT2D eigenvalue weighted by Crippen LogP contribution is 2.07. The molecule has 0 aromatic rings. The van der Waals surface area contributed by atoms with Crippen LogP contribution in [0.2, 0.25) is 0 Å². The first-order valence-electron chi connectivity index (χ1n) is 4.44. The molecule has 0 heterocycles. The summed E-state index contributed by atoms with van der Waals surface area (Å²) in [7, 11) is 0. The molecule has 0 bridgehead atoms. The summed E-state index contributed by atoms with van der Waals surface area (Å²) in [6.07, 6.45) is 1.68. The lowest BCUT2D eigenvalue weighted by Crippen LogP contribution is -2.29. The van der Waals surface area contributed by atoms with Gasteiger partial charge >= 0.3 is 0 Å². The number of hydrogen-bond donors (Lipinski definition) is 0. The van der Waals surface area contributed by atoms with Gasteiger partial charge < -0.3 is 4.90 Å². The van der Waals surface area contributed by atoms with E-state index in [0.29, 0.717) is 6.04 Å². The zero-order valence-electron chi connectivity index (χ0n) is 8.72. The first-order valence-corrected chi connectivity index (χ1v) is 4.44. The van der Waals surface area contributed by atoms with Crippen molar-refractivity contribution in [2.45, 2.75) is 40.7 Å². The van der Waals surface area contributed by atoms with E-state index >= 15 is 0 Å². The molecule has 0 saturated carbocycles. The van der Waals surface area contributed by atoms with E-state index in [4.69, 9.17) is 0 Å². The number of carbonyl (C=O) groups excluding carboxylic acids is 1. The van der Waals surface area contributed by atoms with E-state index in [-0.39, 0.29) is 5.78 Å². The first kappa shape index (κ1) is 11.2. The maximum atomic E-state index is 10.8. The van der Waals surface area contributed by atoms with Crippen molar-refractivity contribution < 1.29 is 4.79 Å². The molecule has 12 heavy (non-hydrogen) atoms. The summed E-state index contributed by atoms with van der Waals surface area (Å²) >= 11 is 0. The minimum atomic E-state index is 0.117. The Morgan fingerprint density at radius 3 is 2.17 bits per heavy atom. The molecule has 0 aliphatic carbocycles. The van der Waals surface area contributed by atoms with Crippen molar-refractivity contribution in [2.24, 2.45) is 0 Å². The third-order valence-electron chi connectivity index (χ3n) is 1.83. The van der Waals surface area contributed by atoms with Gasteiger partial charge in [0.25, 0.3) is 0 Å². The summed E-state index contributed by atoms with van der Waals surface area (Å²) in [6, 6.07) is 0.464. The normalized spacial score (nSPS) is 12.0. The van der Waals surface area contributed by atoms with Crippen LogP contribution in [0.4, 0.5) is 0 Å². The van der Waals surface area contributed by atoms with Gasteiger partial charge in [-0.2, -0.15) is 0 Å². The van der Waals surface area contributed by atoms with Crippen molar-refractivity contribution in [2.75, 3.05) is 6.54 Å². The minimum absolute atomic E-state index is 0.117. The average Bonchev–Trinajstić information content (AvgIpc) is 1.85. The fourth-order valence-electron chi connectivity index (χ4n) is 1.40. The van der Waals surface area contributed by atoms with Crippen LogP contribution in [0.1, 0.15) is 34.6 Å².